The number of hydrogen-bond donors (Lipinski definition) is 2. The van der Waals surface area contributed by atoms with Crippen LogP contribution in [0.1, 0.15) is 11.8 Å². The first-order chi connectivity index (χ1) is 8.44. The molecule has 2 N–H and O–H groups in total. The van der Waals surface area contributed by atoms with Crippen LogP contribution in [0.15, 0.2) is 16.3 Å². The summed E-state index contributed by atoms with van der Waals surface area (Å²) in [6.45, 7) is 1.60. The van der Waals surface area contributed by atoms with Crippen molar-refractivity contribution < 1.29 is 13.5 Å². The summed E-state index contributed by atoms with van der Waals surface area (Å²) in [4.78, 5) is 0.353. The molecule has 0 aliphatic carbocycles. The Kier molecular flexibility index (Phi) is 5.62. The highest BCUT2D eigenvalue weighted by Gasteiger charge is 2.24. The van der Waals surface area contributed by atoms with E-state index in [1.165, 1.54) is 23.9 Å². The zero-order valence-corrected chi connectivity index (χ0v) is 12.4. The van der Waals surface area contributed by atoms with Gasteiger partial charge in [0.2, 0.25) is 10.0 Å². The summed E-state index contributed by atoms with van der Waals surface area (Å²) in [5.74, 6) is 0. The molecule has 8 heteroatoms. The minimum absolute atomic E-state index is 0.0985. The Bertz CT molecular complexity index is 529. The molecule has 0 fully saturated rings. The van der Waals surface area contributed by atoms with E-state index in [2.05, 4.69) is 4.72 Å². The summed E-state index contributed by atoms with van der Waals surface area (Å²) >= 11 is 2.33. The van der Waals surface area contributed by atoms with Crippen molar-refractivity contribution in [3.05, 3.63) is 17.0 Å². The number of nitriles is 1. The minimum atomic E-state index is -3.62. The predicted octanol–water partition coefficient (Wildman–Crippen LogP) is 1.01. The van der Waals surface area contributed by atoms with Gasteiger partial charge in [-0.1, -0.05) is 0 Å². The molecule has 0 amide bonds. The van der Waals surface area contributed by atoms with Gasteiger partial charge in [-0.15, -0.1) is 11.3 Å². The molecule has 5 nitrogen and oxygen atoms in total. The summed E-state index contributed by atoms with van der Waals surface area (Å²) in [6, 6.07) is 4.40. The second kappa shape index (κ2) is 6.54. The fourth-order valence-electron chi connectivity index (χ4n) is 1.34. The summed E-state index contributed by atoms with van der Waals surface area (Å²) in [5, 5.41) is 17.6. The molecule has 2 unspecified atom stereocenters. The van der Waals surface area contributed by atoms with E-state index in [0.29, 0.717) is 4.88 Å². The quantitative estimate of drug-likeness (QED) is 0.818. The maximum absolute atomic E-state index is 12.0. The van der Waals surface area contributed by atoms with Crippen LogP contribution in [-0.2, 0) is 10.0 Å². The van der Waals surface area contributed by atoms with Crippen LogP contribution in [-0.4, -0.2) is 37.7 Å². The van der Waals surface area contributed by atoms with Crippen LogP contribution < -0.4 is 4.72 Å². The molecule has 0 saturated heterocycles. The summed E-state index contributed by atoms with van der Waals surface area (Å²) in [6.07, 6.45) is 1.81. The van der Waals surface area contributed by atoms with Gasteiger partial charge in [-0.25, -0.2) is 13.1 Å². The molecule has 0 aliphatic heterocycles. The summed E-state index contributed by atoms with van der Waals surface area (Å²) in [5.41, 5.74) is 0. The van der Waals surface area contributed by atoms with E-state index in [1.54, 1.807) is 6.92 Å². The maximum atomic E-state index is 12.0. The molecule has 0 aliphatic rings. The van der Waals surface area contributed by atoms with Crippen LogP contribution in [0.2, 0.25) is 0 Å². The number of sulfonamides is 1. The third kappa shape index (κ3) is 3.70. The molecule has 0 saturated carbocycles. The Morgan fingerprint density at radius 2 is 2.28 bits per heavy atom. The number of nitrogens with one attached hydrogen (secondary N) is 1. The molecule has 0 bridgehead atoms. The normalized spacial score (nSPS) is 15.0. The second-order valence-corrected chi connectivity index (χ2v) is 7.70. The van der Waals surface area contributed by atoms with Crippen molar-refractivity contribution in [3.8, 4) is 6.07 Å². The highest BCUT2D eigenvalue weighted by atomic mass is 32.2. The van der Waals surface area contributed by atoms with Gasteiger partial charge >= 0.3 is 0 Å². The van der Waals surface area contributed by atoms with Gasteiger partial charge < -0.3 is 5.11 Å². The number of nitrogens with zero attached hydrogens (tertiary/aromatic N) is 1. The third-order valence-corrected chi connectivity index (χ3v) is 6.54. The lowest BCUT2D eigenvalue weighted by molar-refractivity contribution is 0.282. The van der Waals surface area contributed by atoms with E-state index in [-0.39, 0.29) is 22.1 Å². The molecule has 1 aromatic rings. The Balaban J connectivity index is 2.85. The third-order valence-electron chi connectivity index (χ3n) is 2.34. The van der Waals surface area contributed by atoms with Crippen molar-refractivity contribution in [3.63, 3.8) is 0 Å². The highest BCUT2D eigenvalue weighted by Crippen LogP contribution is 2.22. The van der Waals surface area contributed by atoms with E-state index >= 15 is 0 Å². The number of thioether (sulfide) groups is 1. The largest absolute Gasteiger partial charge is 0.395 e. The van der Waals surface area contributed by atoms with Crippen molar-refractivity contribution >= 4 is 33.1 Å². The molecule has 1 aromatic heterocycles. The van der Waals surface area contributed by atoms with Crippen LogP contribution >= 0.6 is 23.1 Å². The van der Waals surface area contributed by atoms with Crippen LogP contribution in [0.5, 0.6) is 0 Å². The number of aliphatic hydroxyl groups is 1. The Hall–Kier alpha value is -0.590. The summed E-state index contributed by atoms with van der Waals surface area (Å²) < 4.78 is 26.6. The van der Waals surface area contributed by atoms with Gasteiger partial charge in [-0.3, -0.25) is 0 Å². The molecule has 18 heavy (non-hydrogen) atoms. The molecular formula is C10H14N2O3S3. The van der Waals surface area contributed by atoms with Crippen molar-refractivity contribution in [1.29, 1.82) is 5.26 Å². The SMILES string of the molecule is CSC(CO)C(C)NS(=O)(=O)c1ccc(C#N)s1. The maximum Gasteiger partial charge on any atom is 0.250 e. The number of thiophene rings is 1. The smallest absolute Gasteiger partial charge is 0.250 e. The zero-order valence-electron chi connectivity index (χ0n) is 9.95. The predicted molar refractivity (Wildman–Crippen MR) is 73.2 cm³/mol. The van der Waals surface area contributed by atoms with Gasteiger partial charge in [0.15, 0.2) is 0 Å². The number of rotatable bonds is 6. The van der Waals surface area contributed by atoms with Crippen molar-refractivity contribution in [2.75, 3.05) is 12.9 Å². The number of aliphatic hydroxyl groups excluding tert-OH is 1. The van der Waals surface area contributed by atoms with Gasteiger partial charge in [0.05, 0.1) is 6.61 Å². The van der Waals surface area contributed by atoms with E-state index < -0.39 is 10.0 Å². The van der Waals surface area contributed by atoms with E-state index in [0.717, 1.165) is 11.3 Å². The van der Waals surface area contributed by atoms with Crippen molar-refractivity contribution in [2.24, 2.45) is 0 Å². The molecule has 1 heterocycles. The van der Waals surface area contributed by atoms with Crippen molar-refractivity contribution in [1.82, 2.24) is 4.72 Å². The molecule has 0 aromatic carbocycles. The monoisotopic (exact) mass is 306 g/mol. The lowest BCUT2D eigenvalue weighted by Gasteiger charge is -2.20. The average Bonchev–Trinajstić information content (AvgIpc) is 2.79. The van der Waals surface area contributed by atoms with Crippen LogP contribution in [0, 0.1) is 11.3 Å². The fourth-order valence-corrected chi connectivity index (χ4v) is 4.46. The van der Waals surface area contributed by atoms with Gasteiger partial charge in [0, 0.05) is 11.3 Å². The first-order valence-corrected chi connectivity index (χ1v) is 8.69. The lowest BCUT2D eigenvalue weighted by atomic mass is 10.3. The standard InChI is InChI=1S/C10H14N2O3S3/c1-7(9(6-13)16-2)12-18(14,15)10-4-3-8(5-11)17-10/h3-4,7,9,12-13H,6H2,1-2H3. The Labute approximate surface area is 115 Å². The minimum Gasteiger partial charge on any atom is -0.395 e. The van der Waals surface area contributed by atoms with Crippen LogP contribution in [0.4, 0.5) is 0 Å². The average molecular weight is 306 g/mol. The van der Waals surface area contributed by atoms with Gasteiger partial charge in [0.1, 0.15) is 15.2 Å². The van der Waals surface area contributed by atoms with E-state index in [1.807, 2.05) is 12.3 Å². The molecule has 100 valence electrons. The molecule has 1 rings (SSSR count). The van der Waals surface area contributed by atoms with Crippen LogP contribution in [0.25, 0.3) is 0 Å². The zero-order chi connectivity index (χ0) is 13.8. The fraction of sp³-hybridized carbons (Fsp3) is 0.500. The van der Waals surface area contributed by atoms with E-state index in [4.69, 9.17) is 10.4 Å². The lowest BCUT2D eigenvalue weighted by Crippen LogP contribution is -2.40. The topological polar surface area (TPSA) is 90.2 Å². The van der Waals surface area contributed by atoms with Gasteiger partial charge in [-0.05, 0) is 25.3 Å². The molecular weight excluding hydrogens is 292 g/mol. The molecule has 2 atom stereocenters. The molecule has 0 spiro atoms. The Morgan fingerprint density at radius 1 is 1.61 bits per heavy atom. The first kappa shape index (κ1) is 15.5. The molecule has 0 radical (unpaired) electrons. The summed E-state index contributed by atoms with van der Waals surface area (Å²) in [7, 11) is -3.62. The van der Waals surface area contributed by atoms with Gasteiger partial charge in [0.25, 0.3) is 0 Å². The van der Waals surface area contributed by atoms with E-state index in [9.17, 15) is 8.42 Å². The van der Waals surface area contributed by atoms with Gasteiger partial charge in [-0.2, -0.15) is 17.0 Å². The highest BCUT2D eigenvalue weighted by molar-refractivity contribution is 7.99. The second-order valence-electron chi connectivity index (χ2n) is 3.60. The first-order valence-electron chi connectivity index (χ1n) is 5.10. The number of hydrogen-bond acceptors (Lipinski definition) is 6. The Morgan fingerprint density at radius 3 is 2.72 bits per heavy atom. The van der Waals surface area contributed by atoms with Crippen LogP contribution in [0.3, 0.4) is 0 Å². The van der Waals surface area contributed by atoms with Crippen molar-refractivity contribution in [2.45, 2.75) is 22.4 Å².